The van der Waals surface area contributed by atoms with Crippen molar-refractivity contribution in [3.8, 4) is 23.0 Å². The second-order valence-corrected chi connectivity index (χ2v) is 26.2. The number of nitrogens with zero attached hydrogens (tertiary/aromatic N) is 3. The number of ether oxygens (including phenoxy) is 4. The molecule has 72 heavy (non-hydrogen) atoms. The summed E-state index contributed by atoms with van der Waals surface area (Å²) in [6.07, 6.45) is 3.34. The van der Waals surface area contributed by atoms with Gasteiger partial charge in [-0.3, -0.25) is 27.5 Å². The van der Waals surface area contributed by atoms with E-state index in [0.717, 1.165) is 0 Å². The third-order valence-corrected chi connectivity index (χ3v) is 20.5. The minimum absolute atomic E-state index is 0.00399. The van der Waals surface area contributed by atoms with Crippen molar-refractivity contribution in [2.75, 3.05) is 75.4 Å². The monoisotopic (exact) mass is 1100 g/mol. The molecular formula is C45H60N5O17PS4-2. The van der Waals surface area contributed by atoms with Gasteiger partial charge in [0.15, 0.2) is 35.5 Å². The standard InChI is InChI=1S/C45H62N5O17PS4/c1-45(2,15-14-40(53)65-50-38(51)12-13-39(50)52)70-69-23-9-22-68(56,20-7-18-63-36-26-30-28(24-34(36)61-3)43(54)48-16-5-10-32(48)41(46-30)66-71(57)58)21-8-19-64-37-27-31-29(25-35(37)62-4)44(55)49-17-6-11-33(49)42(47-31)67-72(59)60/h24-27,32-33,41-42,46-47H,5-23H2,1-4H3,(H,57,58)(H,59,60)/p-2/t32-,33-,41?,42?,68?/m0/s1. The van der Waals surface area contributed by atoms with E-state index in [0.29, 0.717) is 105 Å². The Morgan fingerprint density at radius 2 is 1.22 bits per heavy atom. The van der Waals surface area contributed by atoms with E-state index >= 15 is 0 Å². The number of hydroxylamine groups is 2. The average molecular weight is 1100 g/mol. The van der Waals surface area contributed by atoms with Crippen LogP contribution in [0.1, 0.15) is 105 Å². The Bertz CT molecular complexity index is 2310. The third-order valence-electron chi connectivity index (χ3n) is 13.0. The summed E-state index contributed by atoms with van der Waals surface area (Å²) in [5.41, 5.74) is 1.19. The maximum atomic E-state index is 14.9. The predicted octanol–water partition coefficient (Wildman–Crippen LogP) is 5.58. The molecule has 0 aromatic heterocycles. The molecule has 27 heteroatoms. The van der Waals surface area contributed by atoms with Gasteiger partial charge in [0.1, 0.15) is 0 Å². The smallest absolute Gasteiger partial charge is 0.333 e. The van der Waals surface area contributed by atoms with Crippen LogP contribution in [0.15, 0.2) is 24.3 Å². The molecule has 5 aliphatic rings. The van der Waals surface area contributed by atoms with Crippen molar-refractivity contribution in [2.24, 2.45) is 0 Å². The summed E-state index contributed by atoms with van der Waals surface area (Å²) >= 11 is -5.70. The lowest BCUT2D eigenvalue weighted by atomic mass is 10.1. The first kappa shape index (κ1) is 55.6. The zero-order valence-electron chi connectivity index (χ0n) is 40.4. The highest BCUT2D eigenvalue weighted by Gasteiger charge is 2.42. The van der Waals surface area contributed by atoms with Crippen molar-refractivity contribution in [3.63, 3.8) is 0 Å². The number of rotatable bonds is 26. The third kappa shape index (κ3) is 14.0. The van der Waals surface area contributed by atoms with Crippen molar-refractivity contribution in [3.05, 3.63) is 35.4 Å². The maximum absolute atomic E-state index is 14.9. The Hall–Kier alpha value is -4.14. The van der Waals surface area contributed by atoms with Gasteiger partial charge in [-0.2, -0.15) is 0 Å². The number of imide groups is 1. The van der Waals surface area contributed by atoms with E-state index in [4.69, 9.17) is 32.2 Å². The molecule has 22 nitrogen and oxygen atoms in total. The van der Waals surface area contributed by atoms with Gasteiger partial charge >= 0.3 is 5.97 Å². The van der Waals surface area contributed by atoms with E-state index < -0.39 is 72.2 Å². The van der Waals surface area contributed by atoms with Crippen LogP contribution in [0.25, 0.3) is 0 Å². The lowest BCUT2D eigenvalue weighted by Gasteiger charge is -2.29. The fraction of sp³-hybridized carbons (Fsp3) is 0.622. The first-order chi connectivity index (χ1) is 34.4. The molecule has 5 aliphatic heterocycles. The van der Waals surface area contributed by atoms with Crippen LogP contribution >= 0.6 is 28.7 Å². The summed E-state index contributed by atoms with van der Waals surface area (Å²) < 4.78 is 95.0. The number of benzene rings is 2. The SMILES string of the molecule is COc1cc2c(cc1OCCCP(=O)(CCCOc1cc3c(cc1OC)C(=O)N1CCC[C@H]1C(OS(=O)[O-])N3)CCCSSC(C)(C)CCC(=O)ON1C(=O)CCC1=O)NC(OS(=O)[O-])[C@@H]1CCCN1C2=O. The number of anilines is 2. The van der Waals surface area contributed by atoms with Crippen molar-refractivity contribution in [1.82, 2.24) is 14.9 Å². The molecule has 0 saturated carbocycles. The number of carbonyl (C=O) groups excluding carboxylic acids is 5. The van der Waals surface area contributed by atoms with Crippen LogP contribution in [0.5, 0.6) is 23.0 Å². The topological polar surface area (TPSA) is 281 Å². The molecule has 0 spiro atoms. The molecule has 0 bridgehead atoms. The minimum Gasteiger partial charge on any atom is -0.750 e. The van der Waals surface area contributed by atoms with Crippen LogP contribution in [-0.2, 0) is 54.9 Å². The summed E-state index contributed by atoms with van der Waals surface area (Å²) in [5, 5.41) is 6.70. The summed E-state index contributed by atoms with van der Waals surface area (Å²) in [6, 6.07) is 5.25. The number of amides is 4. The molecule has 0 aliphatic carbocycles. The van der Waals surface area contributed by atoms with Crippen LogP contribution < -0.4 is 29.6 Å². The molecular weight excluding hydrogens is 1040 g/mol. The van der Waals surface area contributed by atoms with Crippen LogP contribution in [0.3, 0.4) is 0 Å². The van der Waals surface area contributed by atoms with Crippen LogP contribution in [0.2, 0.25) is 0 Å². The van der Waals surface area contributed by atoms with E-state index in [1.807, 2.05) is 13.8 Å². The highest BCUT2D eigenvalue weighted by molar-refractivity contribution is 8.77. The van der Waals surface area contributed by atoms with Gasteiger partial charge < -0.3 is 57.9 Å². The van der Waals surface area contributed by atoms with Gasteiger partial charge in [-0.15, -0.1) is 5.06 Å². The number of fused-ring (bicyclic) bond motifs is 4. The molecule has 5 heterocycles. The van der Waals surface area contributed by atoms with Crippen molar-refractivity contribution < 1.29 is 78.2 Å². The normalized spacial score (nSPS) is 22.3. The highest BCUT2D eigenvalue weighted by atomic mass is 33.1. The van der Waals surface area contributed by atoms with E-state index in [1.165, 1.54) is 14.2 Å². The number of carbonyl (C=O) groups is 5. The van der Waals surface area contributed by atoms with Crippen molar-refractivity contribution >= 4 is 92.4 Å². The second kappa shape index (κ2) is 24.9. The van der Waals surface area contributed by atoms with Gasteiger partial charge in [0.05, 0.1) is 91.9 Å². The zero-order chi connectivity index (χ0) is 51.7. The van der Waals surface area contributed by atoms with Gasteiger partial charge in [-0.05, 0) is 77.3 Å². The Morgan fingerprint density at radius 1 is 0.750 bits per heavy atom. The highest BCUT2D eigenvalue weighted by Crippen LogP contribution is 2.49. The van der Waals surface area contributed by atoms with Gasteiger partial charge in [-0.25, -0.2) is 13.2 Å². The molecule has 3 fully saturated rings. The van der Waals surface area contributed by atoms with Gasteiger partial charge in [-0.1, -0.05) is 21.6 Å². The molecule has 2 N–H and O–H groups in total. The molecule has 0 radical (unpaired) electrons. The van der Waals surface area contributed by atoms with E-state index in [9.17, 15) is 46.1 Å². The number of hydrogen-bond donors (Lipinski definition) is 2. The lowest BCUT2D eigenvalue weighted by molar-refractivity contribution is -0.197. The van der Waals surface area contributed by atoms with Crippen LogP contribution in [0.4, 0.5) is 11.4 Å². The Balaban J connectivity index is 0.982. The summed E-state index contributed by atoms with van der Waals surface area (Å²) in [4.78, 5) is 71.7. The van der Waals surface area contributed by atoms with E-state index in [1.54, 1.807) is 55.7 Å². The first-order valence-corrected chi connectivity index (χ1v) is 30.3. The van der Waals surface area contributed by atoms with Crippen LogP contribution in [-0.4, -0.2) is 156 Å². The van der Waals surface area contributed by atoms with Gasteiger partial charge in [0.2, 0.25) is 0 Å². The van der Waals surface area contributed by atoms with Crippen molar-refractivity contribution in [1.29, 1.82) is 0 Å². The predicted molar refractivity (Wildman–Crippen MR) is 267 cm³/mol. The van der Waals surface area contributed by atoms with E-state index in [2.05, 4.69) is 10.6 Å². The first-order valence-electron chi connectivity index (χ1n) is 23.7. The number of nitrogens with one attached hydrogen (secondary N) is 2. The Kier molecular flexibility index (Phi) is 19.3. The largest absolute Gasteiger partial charge is 0.750 e. The molecule has 398 valence electrons. The van der Waals surface area contributed by atoms with Crippen molar-refractivity contribution in [2.45, 2.75) is 114 Å². The van der Waals surface area contributed by atoms with E-state index in [-0.39, 0.29) is 83.2 Å². The minimum atomic E-state index is -2.90. The summed E-state index contributed by atoms with van der Waals surface area (Å²) in [7, 11) is 3.14. The lowest BCUT2D eigenvalue weighted by Crippen LogP contribution is -2.45. The van der Waals surface area contributed by atoms with Gasteiger partial charge in [0, 0.05) is 73.5 Å². The number of methoxy groups -OCH3 is 2. The molecule has 7 rings (SSSR count). The Morgan fingerprint density at radius 3 is 1.68 bits per heavy atom. The molecule has 3 saturated heterocycles. The number of hydrogen-bond acceptors (Lipinski definition) is 21. The molecule has 4 unspecified atom stereocenters. The molecule has 2 aromatic rings. The summed E-state index contributed by atoms with van der Waals surface area (Å²) in [5.74, 6) is -0.527. The Labute approximate surface area is 431 Å². The maximum Gasteiger partial charge on any atom is 0.333 e. The fourth-order valence-corrected chi connectivity index (χ4v) is 15.8. The second-order valence-electron chi connectivity index (χ2n) is 18.4. The zero-order valence-corrected chi connectivity index (χ0v) is 44.6. The fourth-order valence-electron chi connectivity index (χ4n) is 9.40. The quantitative estimate of drug-likeness (QED) is 0.0382. The molecule has 4 amide bonds. The molecule has 6 atom stereocenters. The summed E-state index contributed by atoms with van der Waals surface area (Å²) in [6.45, 7) is 5.09. The van der Waals surface area contributed by atoms with Gasteiger partial charge in [0.25, 0.3) is 23.6 Å². The average Bonchev–Trinajstić information content (AvgIpc) is 4.08. The van der Waals surface area contributed by atoms with Crippen LogP contribution in [0, 0.1) is 0 Å². The molecule has 2 aromatic carbocycles.